The lowest BCUT2D eigenvalue weighted by Gasteiger charge is -1.88. The van der Waals surface area contributed by atoms with Crippen LogP contribution in [0.5, 0.6) is 0 Å². The molecule has 0 atom stereocenters. The summed E-state index contributed by atoms with van der Waals surface area (Å²) in [5.41, 5.74) is 0. The summed E-state index contributed by atoms with van der Waals surface area (Å²) in [6, 6.07) is 0. The first kappa shape index (κ1) is 4.91. The van der Waals surface area contributed by atoms with Crippen LogP contribution in [0.2, 0.25) is 0 Å². The molecule has 41 valence electrons. The van der Waals surface area contributed by atoms with Gasteiger partial charge in [-0.3, -0.25) is 0 Å². The molecule has 1 aliphatic heterocycles. The molecule has 1 saturated heterocycles. The minimum absolute atomic E-state index is 0.535. The molecular weight excluding hydrogens is 104 g/mol. The highest BCUT2D eigenvalue weighted by molar-refractivity contribution is 5.83. The second kappa shape index (κ2) is 2.17. The molecule has 8 heavy (non-hydrogen) atoms. The number of nitriles is 1. The normalized spacial score (nSPS) is 21.6. The van der Waals surface area contributed by atoms with Gasteiger partial charge in [0, 0.05) is 6.54 Å². The molecule has 0 aromatic rings. The van der Waals surface area contributed by atoms with E-state index in [2.05, 4.69) is 15.6 Å². The average Bonchev–Trinajstić information content (AvgIpc) is 2.19. The highest BCUT2D eigenvalue weighted by Crippen LogP contribution is 1.79. The van der Waals surface area contributed by atoms with Crippen LogP contribution >= 0.6 is 0 Å². The number of hydrogen-bond donors (Lipinski definition) is 2. The summed E-state index contributed by atoms with van der Waals surface area (Å²) < 4.78 is 0. The van der Waals surface area contributed by atoms with Gasteiger partial charge >= 0.3 is 0 Å². The summed E-state index contributed by atoms with van der Waals surface area (Å²) >= 11 is 0. The molecule has 0 spiro atoms. The molecule has 1 radical (unpaired) electrons. The maximum absolute atomic E-state index is 8.00. The monoisotopic (exact) mass is 109 g/mol. The Morgan fingerprint density at radius 2 is 2.75 bits per heavy atom. The number of nitrogens with one attached hydrogen (secondary N) is 2. The Balaban J connectivity index is 2.48. The lowest BCUT2D eigenvalue weighted by atomic mass is 10.7. The maximum atomic E-state index is 8.00. The van der Waals surface area contributed by atoms with Crippen LogP contribution in [0.25, 0.3) is 0 Å². The number of hydrogen-bond acceptors (Lipinski definition) is 2. The van der Waals surface area contributed by atoms with E-state index in [1.54, 1.807) is 12.7 Å². The Labute approximate surface area is 47.2 Å². The van der Waals surface area contributed by atoms with Crippen LogP contribution in [0.3, 0.4) is 0 Å². The van der Waals surface area contributed by atoms with E-state index < -0.39 is 0 Å². The van der Waals surface area contributed by atoms with Gasteiger partial charge < -0.3 is 10.6 Å². The van der Waals surface area contributed by atoms with Crippen LogP contribution in [0.4, 0.5) is 0 Å². The third-order valence-electron chi connectivity index (χ3n) is 0.772. The molecule has 1 fully saturated rings. The van der Waals surface area contributed by atoms with Crippen LogP contribution in [0.15, 0.2) is 4.99 Å². The zero-order chi connectivity index (χ0) is 5.82. The number of rotatable bonds is 0. The highest BCUT2D eigenvalue weighted by atomic mass is 15.2. The van der Waals surface area contributed by atoms with Crippen molar-refractivity contribution in [2.24, 2.45) is 4.99 Å². The fraction of sp³-hybridized carbons (Fsp3) is 0.250. The van der Waals surface area contributed by atoms with Gasteiger partial charge in [0.05, 0.1) is 6.54 Å². The van der Waals surface area contributed by atoms with Gasteiger partial charge in [-0.2, -0.15) is 5.26 Å². The van der Waals surface area contributed by atoms with Crippen molar-refractivity contribution in [2.75, 3.05) is 6.54 Å². The molecule has 4 heteroatoms. The first-order valence-corrected chi connectivity index (χ1v) is 2.22. The summed E-state index contributed by atoms with van der Waals surface area (Å²) in [5, 5.41) is 13.6. The largest absolute Gasteiger partial charge is 0.353 e. The van der Waals surface area contributed by atoms with Gasteiger partial charge in [0.25, 0.3) is 0 Å². The van der Waals surface area contributed by atoms with Gasteiger partial charge in [-0.15, -0.1) is 4.99 Å². The fourth-order valence-corrected chi connectivity index (χ4v) is 0.468. The van der Waals surface area contributed by atoms with Crippen LogP contribution in [0.1, 0.15) is 0 Å². The van der Waals surface area contributed by atoms with Crippen molar-refractivity contribution >= 4 is 5.96 Å². The molecule has 2 N–H and O–H groups in total. The molecule has 0 aromatic heterocycles. The Kier molecular flexibility index (Phi) is 1.33. The lowest BCUT2D eigenvalue weighted by Crippen LogP contribution is -2.22. The molecule has 0 amide bonds. The van der Waals surface area contributed by atoms with Crippen molar-refractivity contribution in [3.63, 3.8) is 0 Å². The Bertz CT molecular complexity index is 135. The summed E-state index contributed by atoms with van der Waals surface area (Å²) in [6.45, 7) is 2.52. The minimum atomic E-state index is 0.535. The smallest absolute Gasteiger partial charge is 0.209 e. The van der Waals surface area contributed by atoms with Crippen LogP contribution < -0.4 is 10.6 Å². The Hall–Kier alpha value is -1.24. The van der Waals surface area contributed by atoms with E-state index in [1.165, 1.54) is 0 Å². The SMILES string of the molecule is N#C/N=C1\N[CH]CN1. The quantitative estimate of drug-likeness (QED) is 0.399. The molecular formula is C4H5N4. The van der Waals surface area contributed by atoms with Crippen molar-refractivity contribution < 1.29 is 0 Å². The molecule has 0 saturated carbocycles. The van der Waals surface area contributed by atoms with Crippen molar-refractivity contribution in [2.45, 2.75) is 0 Å². The third kappa shape index (κ3) is 0.877. The van der Waals surface area contributed by atoms with Crippen LogP contribution in [-0.4, -0.2) is 12.5 Å². The minimum Gasteiger partial charge on any atom is -0.353 e. The molecule has 1 aliphatic rings. The first-order chi connectivity index (χ1) is 3.93. The Morgan fingerprint density at radius 1 is 1.88 bits per heavy atom. The predicted molar refractivity (Wildman–Crippen MR) is 28.5 cm³/mol. The molecule has 0 aliphatic carbocycles. The van der Waals surface area contributed by atoms with Gasteiger partial charge in [-0.05, 0) is 0 Å². The summed E-state index contributed by atoms with van der Waals surface area (Å²) in [4.78, 5) is 3.39. The van der Waals surface area contributed by atoms with Gasteiger partial charge in [-0.1, -0.05) is 0 Å². The zero-order valence-electron chi connectivity index (χ0n) is 4.18. The topological polar surface area (TPSA) is 60.2 Å². The fourth-order valence-electron chi connectivity index (χ4n) is 0.468. The molecule has 0 bridgehead atoms. The van der Waals surface area contributed by atoms with E-state index in [1.807, 2.05) is 0 Å². The molecule has 0 unspecified atom stereocenters. The van der Waals surface area contributed by atoms with Crippen LogP contribution in [0, 0.1) is 18.0 Å². The summed E-state index contributed by atoms with van der Waals surface area (Å²) in [7, 11) is 0. The maximum Gasteiger partial charge on any atom is 0.209 e. The van der Waals surface area contributed by atoms with Crippen molar-refractivity contribution in [1.29, 1.82) is 5.26 Å². The van der Waals surface area contributed by atoms with Crippen molar-refractivity contribution in [1.82, 2.24) is 10.6 Å². The van der Waals surface area contributed by atoms with Gasteiger partial charge in [0.1, 0.15) is 0 Å². The second-order valence-electron chi connectivity index (χ2n) is 1.29. The standard InChI is InChI=1S/C4H5N4/c5-3-8-4-6-1-2-7-4/h1H,2H2,(H2,6,7,8). The van der Waals surface area contributed by atoms with E-state index in [9.17, 15) is 0 Å². The third-order valence-corrected chi connectivity index (χ3v) is 0.772. The van der Waals surface area contributed by atoms with E-state index in [0.717, 1.165) is 6.54 Å². The van der Waals surface area contributed by atoms with E-state index >= 15 is 0 Å². The second-order valence-corrected chi connectivity index (χ2v) is 1.29. The van der Waals surface area contributed by atoms with Crippen LogP contribution in [-0.2, 0) is 0 Å². The summed E-state index contributed by atoms with van der Waals surface area (Å²) in [6.07, 6.45) is 1.65. The van der Waals surface area contributed by atoms with Crippen molar-refractivity contribution in [3.05, 3.63) is 6.54 Å². The predicted octanol–water partition coefficient (Wildman–Crippen LogP) is -0.822. The number of aliphatic imine (C=N–C) groups is 1. The number of nitrogens with zero attached hydrogens (tertiary/aromatic N) is 2. The molecule has 0 aromatic carbocycles. The highest BCUT2D eigenvalue weighted by Gasteiger charge is 2.03. The first-order valence-electron chi connectivity index (χ1n) is 2.22. The van der Waals surface area contributed by atoms with Gasteiger partial charge in [0.2, 0.25) is 12.2 Å². The number of guanidine groups is 1. The van der Waals surface area contributed by atoms with Gasteiger partial charge in [0.15, 0.2) is 0 Å². The molecule has 4 nitrogen and oxygen atoms in total. The van der Waals surface area contributed by atoms with Gasteiger partial charge in [-0.25, -0.2) is 0 Å². The molecule has 1 rings (SSSR count). The van der Waals surface area contributed by atoms with Crippen molar-refractivity contribution in [3.8, 4) is 6.19 Å². The zero-order valence-corrected chi connectivity index (χ0v) is 4.18. The van der Waals surface area contributed by atoms with E-state index in [-0.39, 0.29) is 0 Å². The lowest BCUT2D eigenvalue weighted by molar-refractivity contribution is 1.05. The molecule has 1 heterocycles. The van der Waals surface area contributed by atoms with E-state index in [4.69, 9.17) is 5.26 Å². The Morgan fingerprint density at radius 3 is 3.25 bits per heavy atom. The average molecular weight is 109 g/mol. The summed E-state index contributed by atoms with van der Waals surface area (Å²) in [5.74, 6) is 0.535. The van der Waals surface area contributed by atoms with E-state index in [0.29, 0.717) is 5.96 Å².